The van der Waals surface area contributed by atoms with E-state index in [1.807, 2.05) is 6.07 Å². The van der Waals surface area contributed by atoms with Gasteiger partial charge < -0.3 is 10.2 Å². The van der Waals surface area contributed by atoms with Gasteiger partial charge in [0.25, 0.3) is 0 Å². The zero-order chi connectivity index (χ0) is 21.2. The average molecular weight is 429 g/mol. The van der Waals surface area contributed by atoms with E-state index in [0.29, 0.717) is 5.75 Å². The molecule has 2 heteroatoms. The lowest BCUT2D eigenvalue weighted by molar-refractivity contribution is -0.00593. The van der Waals surface area contributed by atoms with Gasteiger partial charge >= 0.3 is 0 Å². The molecule has 2 aromatic carbocycles. The highest BCUT2D eigenvalue weighted by Gasteiger charge is 2.54. The van der Waals surface area contributed by atoms with Crippen molar-refractivity contribution in [1.82, 2.24) is 0 Å². The van der Waals surface area contributed by atoms with Crippen molar-refractivity contribution >= 4 is 10.8 Å². The molecule has 2 N–H and O–H groups in total. The molecule has 8 bridgehead atoms. The van der Waals surface area contributed by atoms with E-state index in [-0.39, 0.29) is 16.6 Å². The first-order chi connectivity index (χ1) is 15.5. The van der Waals surface area contributed by atoms with Crippen LogP contribution >= 0.6 is 0 Å². The van der Waals surface area contributed by atoms with Gasteiger partial charge in [0.05, 0.1) is 0 Å². The predicted octanol–water partition coefficient (Wildman–Crippen LogP) is 7.19. The zero-order valence-corrected chi connectivity index (χ0v) is 19.2. The van der Waals surface area contributed by atoms with Gasteiger partial charge in [-0.1, -0.05) is 12.1 Å². The molecule has 168 valence electrons. The minimum Gasteiger partial charge on any atom is -0.508 e. The van der Waals surface area contributed by atoms with Crippen LogP contribution in [0.3, 0.4) is 0 Å². The molecule has 0 radical (unpaired) electrons. The fraction of sp³-hybridized carbons (Fsp3) is 0.667. The number of aromatic hydroxyl groups is 2. The Balaban J connectivity index is 1.34. The summed E-state index contributed by atoms with van der Waals surface area (Å²) in [6.07, 6.45) is 16.5. The van der Waals surface area contributed by atoms with Crippen molar-refractivity contribution in [3.63, 3.8) is 0 Å². The third-order valence-electron chi connectivity index (χ3n) is 11.3. The zero-order valence-electron chi connectivity index (χ0n) is 19.2. The number of fused-ring (bicyclic) bond motifs is 1. The number of hydrogen-bond acceptors (Lipinski definition) is 2. The Morgan fingerprint density at radius 3 is 1.44 bits per heavy atom. The summed E-state index contributed by atoms with van der Waals surface area (Å²) in [4.78, 5) is 0. The molecule has 0 atom stereocenters. The quantitative estimate of drug-likeness (QED) is 0.531. The van der Waals surface area contributed by atoms with Crippen LogP contribution in [0.15, 0.2) is 24.3 Å². The van der Waals surface area contributed by atoms with Gasteiger partial charge in [-0.3, -0.25) is 0 Å². The maximum Gasteiger partial charge on any atom is 0.127 e. The fourth-order valence-electron chi connectivity index (χ4n) is 11.2. The van der Waals surface area contributed by atoms with Gasteiger partial charge in [0, 0.05) is 11.5 Å². The predicted molar refractivity (Wildman–Crippen MR) is 127 cm³/mol. The Hall–Kier alpha value is -1.70. The van der Waals surface area contributed by atoms with Crippen molar-refractivity contribution in [3.8, 4) is 11.5 Å². The van der Waals surface area contributed by atoms with Crippen LogP contribution in [-0.4, -0.2) is 10.2 Å². The summed E-state index contributed by atoms with van der Waals surface area (Å²) < 4.78 is 0. The molecular formula is C30H36O2. The van der Waals surface area contributed by atoms with Crippen LogP contribution in [0, 0.1) is 35.5 Å². The van der Waals surface area contributed by atoms with Gasteiger partial charge in [-0.2, -0.15) is 0 Å². The molecule has 0 heterocycles. The monoisotopic (exact) mass is 428 g/mol. The van der Waals surface area contributed by atoms with Gasteiger partial charge in [-0.15, -0.1) is 0 Å². The van der Waals surface area contributed by atoms with Crippen molar-refractivity contribution < 1.29 is 10.2 Å². The van der Waals surface area contributed by atoms with E-state index < -0.39 is 0 Å². The number of phenols is 2. The summed E-state index contributed by atoms with van der Waals surface area (Å²) in [7, 11) is 0. The highest BCUT2D eigenvalue weighted by atomic mass is 16.3. The SMILES string of the molecule is Oc1cc(O)c2c(C34CC5CC(CC(C5)C3)C4)ccc(C34CC5CC(CC(C5)C3)C4)c2c1. The van der Waals surface area contributed by atoms with Crippen LogP contribution in [-0.2, 0) is 10.8 Å². The molecule has 10 rings (SSSR count). The van der Waals surface area contributed by atoms with Crippen LogP contribution < -0.4 is 0 Å². The van der Waals surface area contributed by atoms with Gasteiger partial charge in [-0.25, -0.2) is 0 Å². The summed E-state index contributed by atoms with van der Waals surface area (Å²) in [5, 5.41) is 24.1. The molecule has 8 aliphatic rings. The van der Waals surface area contributed by atoms with Gasteiger partial charge in [0.15, 0.2) is 0 Å². The Morgan fingerprint density at radius 1 is 0.562 bits per heavy atom. The fourth-order valence-corrected chi connectivity index (χ4v) is 11.2. The molecule has 0 aliphatic heterocycles. The summed E-state index contributed by atoms with van der Waals surface area (Å²) in [6, 6.07) is 8.55. The summed E-state index contributed by atoms with van der Waals surface area (Å²) in [5.41, 5.74) is 3.39. The highest BCUT2D eigenvalue weighted by Crippen LogP contribution is 2.64. The maximum atomic E-state index is 11.3. The molecule has 2 aromatic rings. The van der Waals surface area contributed by atoms with Crippen molar-refractivity contribution in [3.05, 3.63) is 35.4 Å². The molecule has 0 saturated heterocycles. The van der Waals surface area contributed by atoms with Crippen LogP contribution in [0.25, 0.3) is 10.8 Å². The van der Waals surface area contributed by atoms with Crippen molar-refractivity contribution in [2.45, 2.75) is 87.9 Å². The van der Waals surface area contributed by atoms with E-state index >= 15 is 0 Å². The minimum atomic E-state index is 0.226. The third-order valence-corrected chi connectivity index (χ3v) is 11.3. The van der Waals surface area contributed by atoms with Crippen molar-refractivity contribution in [1.29, 1.82) is 0 Å². The normalized spacial score (nSPS) is 45.8. The number of phenolic OH excluding ortho intramolecular Hbond substituents is 2. The highest BCUT2D eigenvalue weighted by molar-refractivity contribution is 5.96. The second kappa shape index (κ2) is 6.05. The lowest BCUT2D eigenvalue weighted by atomic mass is 9.46. The average Bonchev–Trinajstić information content (AvgIpc) is 2.70. The van der Waals surface area contributed by atoms with Gasteiger partial charge in [0.1, 0.15) is 11.5 Å². The van der Waals surface area contributed by atoms with E-state index in [2.05, 4.69) is 12.1 Å². The number of hydrogen-bond donors (Lipinski definition) is 2. The number of benzene rings is 2. The molecule has 0 unspecified atom stereocenters. The molecule has 8 aliphatic carbocycles. The van der Waals surface area contributed by atoms with E-state index in [1.54, 1.807) is 6.07 Å². The van der Waals surface area contributed by atoms with Crippen molar-refractivity contribution in [2.24, 2.45) is 35.5 Å². The largest absolute Gasteiger partial charge is 0.508 e. The first kappa shape index (κ1) is 18.7. The Kier molecular flexibility index (Phi) is 3.53. The van der Waals surface area contributed by atoms with Crippen LogP contribution in [0.1, 0.15) is 88.2 Å². The molecular weight excluding hydrogens is 392 g/mol. The first-order valence-electron chi connectivity index (χ1n) is 13.5. The van der Waals surface area contributed by atoms with Gasteiger partial charge in [-0.05, 0) is 146 Å². The Labute approximate surface area is 191 Å². The lowest BCUT2D eigenvalue weighted by Crippen LogP contribution is -2.49. The molecule has 8 fully saturated rings. The third kappa shape index (κ3) is 2.42. The van der Waals surface area contributed by atoms with Crippen molar-refractivity contribution in [2.75, 3.05) is 0 Å². The topological polar surface area (TPSA) is 40.5 Å². The second-order valence-corrected chi connectivity index (χ2v) is 13.4. The summed E-state index contributed by atoms with van der Waals surface area (Å²) in [5.74, 6) is 5.89. The van der Waals surface area contributed by atoms with E-state index in [9.17, 15) is 10.2 Å². The molecule has 2 nitrogen and oxygen atoms in total. The molecule has 32 heavy (non-hydrogen) atoms. The second-order valence-electron chi connectivity index (χ2n) is 13.4. The minimum absolute atomic E-state index is 0.226. The van der Waals surface area contributed by atoms with Gasteiger partial charge in [0.2, 0.25) is 0 Å². The van der Waals surface area contributed by atoms with E-state index in [1.165, 1.54) is 93.6 Å². The molecule has 0 aromatic heterocycles. The van der Waals surface area contributed by atoms with Crippen LogP contribution in [0.2, 0.25) is 0 Å². The molecule has 0 amide bonds. The standard InChI is InChI=1S/C30H36O2/c31-23-9-24-25(29-11-17-3-18(12-29)5-19(4-17)13-29)1-2-26(28(24)27(32)10-23)30-14-20-6-21(15-30)8-22(7-20)16-30/h1-2,9-10,17-22,31-32H,3-8,11-16H2. The van der Waals surface area contributed by atoms with Crippen LogP contribution in [0.4, 0.5) is 0 Å². The lowest BCUT2D eigenvalue weighted by Gasteiger charge is -2.58. The smallest absolute Gasteiger partial charge is 0.127 e. The Bertz CT molecular complexity index is 1060. The van der Waals surface area contributed by atoms with E-state index in [0.717, 1.165) is 40.9 Å². The summed E-state index contributed by atoms with van der Waals surface area (Å²) >= 11 is 0. The number of rotatable bonds is 2. The Morgan fingerprint density at radius 2 is 0.969 bits per heavy atom. The molecule has 8 saturated carbocycles. The molecule has 0 spiro atoms. The van der Waals surface area contributed by atoms with Crippen LogP contribution in [0.5, 0.6) is 11.5 Å². The summed E-state index contributed by atoms with van der Waals surface area (Å²) in [6.45, 7) is 0. The first-order valence-corrected chi connectivity index (χ1v) is 13.5. The maximum absolute atomic E-state index is 11.3. The van der Waals surface area contributed by atoms with E-state index in [4.69, 9.17) is 0 Å².